The summed E-state index contributed by atoms with van der Waals surface area (Å²) in [4.78, 5) is 8.30. The van der Waals surface area contributed by atoms with Gasteiger partial charge in [-0.1, -0.05) is 41.4 Å². The van der Waals surface area contributed by atoms with E-state index in [0.717, 1.165) is 11.3 Å². The van der Waals surface area contributed by atoms with Gasteiger partial charge in [0, 0.05) is 18.0 Å². The zero-order chi connectivity index (χ0) is 11.8. The molecule has 0 amide bonds. The molecule has 1 aromatic carbocycles. The molecular formula is C13H10ClN3. The monoisotopic (exact) mass is 243 g/mol. The van der Waals surface area contributed by atoms with E-state index >= 15 is 0 Å². The normalized spacial score (nSPS) is 10.9. The smallest absolute Gasteiger partial charge is 0.175 e. The molecule has 2 heterocycles. The third kappa shape index (κ3) is 1.68. The topological polar surface area (TPSA) is 30.2 Å². The second-order valence-corrected chi connectivity index (χ2v) is 4.28. The van der Waals surface area contributed by atoms with Gasteiger partial charge in [-0.2, -0.15) is 0 Å². The average molecular weight is 244 g/mol. The Kier molecular flexibility index (Phi) is 2.34. The zero-order valence-electron chi connectivity index (χ0n) is 9.26. The second kappa shape index (κ2) is 3.86. The predicted molar refractivity (Wildman–Crippen MR) is 68.2 cm³/mol. The van der Waals surface area contributed by atoms with Crippen molar-refractivity contribution >= 4 is 17.2 Å². The Labute approximate surface area is 104 Å². The average Bonchev–Trinajstić information content (AvgIpc) is 2.75. The SMILES string of the molecule is Cc1ccc(-c2cnc3c(Cl)nccn23)cc1. The lowest BCUT2D eigenvalue weighted by atomic mass is 10.1. The van der Waals surface area contributed by atoms with E-state index in [9.17, 15) is 0 Å². The Balaban J connectivity index is 2.24. The zero-order valence-corrected chi connectivity index (χ0v) is 10.0. The Morgan fingerprint density at radius 1 is 1.12 bits per heavy atom. The van der Waals surface area contributed by atoms with Crippen molar-refractivity contribution in [2.45, 2.75) is 6.92 Å². The number of halogens is 1. The molecule has 0 saturated heterocycles. The molecule has 0 radical (unpaired) electrons. The lowest BCUT2D eigenvalue weighted by Crippen LogP contribution is -1.90. The molecule has 3 nitrogen and oxygen atoms in total. The summed E-state index contributed by atoms with van der Waals surface area (Å²) in [6, 6.07) is 8.31. The van der Waals surface area contributed by atoms with E-state index in [1.54, 1.807) is 6.20 Å². The fourth-order valence-electron chi connectivity index (χ4n) is 1.83. The molecule has 0 bridgehead atoms. The van der Waals surface area contributed by atoms with Gasteiger partial charge in [-0.3, -0.25) is 4.40 Å². The van der Waals surface area contributed by atoms with Crippen LogP contribution in [0.4, 0.5) is 0 Å². The van der Waals surface area contributed by atoms with Crippen LogP contribution in [0.2, 0.25) is 5.15 Å². The number of hydrogen-bond donors (Lipinski definition) is 0. The number of aryl methyl sites for hydroxylation is 1. The first kappa shape index (κ1) is 10.3. The molecule has 0 N–H and O–H groups in total. The van der Waals surface area contributed by atoms with Gasteiger partial charge in [0.05, 0.1) is 11.9 Å². The number of nitrogens with zero attached hydrogens (tertiary/aromatic N) is 3. The molecule has 0 atom stereocenters. The van der Waals surface area contributed by atoms with Crippen LogP contribution in [0, 0.1) is 6.92 Å². The standard InChI is InChI=1S/C13H10ClN3/c1-9-2-4-10(5-3-9)11-8-16-13-12(14)15-6-7-17(11)13/h2-8H,1H3. The van der Waals surface area contributed by atoms with Gasteiger partial charge in [0.2, 0.25) is 0 Å². The van der Waals surface area contributed by atoms with E-state index in [0.29, 0.717) is 10.8 Å². The fourth-order valence-corrected chi connectivity index (χ4v) is 2.02. The highest BCUT2D eigenvalue weighted by molar-refractivity contribution is 6.32. The number of benzene rings is 1. The van der Waals surface area contributed by atoms with Crippen LogP contribution in [-0.2, 0) is 0 Å². The van der Waals surface area contributed by atoms with Gasteiger partial charge in [-0.25, -0.2) is 9.97 Å². The van der Waals surface area contributed by atoms with Gasteiger partial charge >= 0.3 is 0 Å². The molecule has 0 spiro atoms. The minimum atomic E-state index is 0.422. The number of hydrogen-bond acceptors (Lipinski definition) is 2. The predicted octanol–water partition coefficient (Wildman–Crippen LogP) is 3.36. The Morgan fingerprint density at radius 3 is 2.65 bits per heavy atom. The molecule has 3 rings (SSSR count). The number of imidazole rings is 1. The Morgan fingerprint density at radius 2 is 1.88 bits per heavy atom. The minimum Gasteiger partial charge on any atom is -0.296 e. The molecule has 2 aromatic heterocycles. The van der Waals surface area contributed by atoms with E-state index < -0.39 is 0 Å². The molecule has 17 heavy (non-hydrogen) atoms. The van der Waals surface area contributed by atoms with Crippen molar-refractivity contribution in [2.24, 2.45) is 0 Å². The maximum absolute atomic E-state index is 5.99. The van der Waals surface area contributed by atoms with Crippen LogP contribution in [0.5, 0.6) is 0 Å². The lowest BCUT2D eigenvalue weighted by molar-refractivity contribution is 1.13. The lowest BCUT2D eigenvalue weighted by Gasteiger charge is -2.02. The summed E-state index contributed by atoms with van der Waals surface area (Å²) in [7, 11) is 0. The van der Waals surface area contributed by atoms with Crippen molar-refractivity contribution in [3.8, 4) is 11.3 Å². The first-order valence-electron chi connectivity index (χ1n) is 5.30. The van der Waals surface area contributed by atoms with Crippen LogP contribution in [0.25, 0.3) is 16.9 Å². The quantitative estimate of drug-likeness (QED) is 0.656. The van der Waals surface area contributed by atoms with Crippen LogP contribution in [0.15, 0.2) is 42.9 Å². The summed E-state index contributed by atoms with van der Waals surface area (Å²) in [5, 5.41) is 0.422. The van der Waals surface area contributed by atoms with E-state index in [-0.39, 0.29) is 0 Å². The first-order valence-corrected chi connectivity index (χ1v) is 5.68. The summed E-state index contributed by atoms with van der Waals surface area (Å²) >= 11 is 5.99. The van der Waals surface area contributed by atoms with E-state index in [2.05, 4.69) is 41.2 Å². The summed E-state index contributed by atoms with van der Waals surface area (Å²) in [6.45, 7) is 2.07. The van der Waals surface area contributed by atoms with Gasteiger partial charge in [-0.05, 0) is 6.92 Å². The third-order valence-electron chi connectivity index (χ3n) is 2.73. The fraction of sp³-hybridized carbons (Fsp3) is 0.0769. The van der Waals surface area contributed by atoms with Crippen LogP contribution >= 0.6 is 11.6 Å². The van der Waals surface area contributed by atoms with Crippen LogP contribution in [-0.4, -0.2) is 14.4 Å². The van der Waals surface area contributed by atoms with E-state index in [1.165, 1.54) is 5.56 Å². The van der Waals surface area contributed by atoms with E-state index in [1.807, 2.05) is 16.8 Å². The van der Waals surface area contributed by atoms with Crippen molar-refractivity contribution in [1.82, 2.24) is 14.4 Å². The van der Waals surface area contributed by atoms with Gasteiger partial charge < -0.3 is 0 Å². The maximum Gasteiger partial charge on any atom is 0.175 e. The molecule has 0 fully saturated rings. The largest absolute Gasteiger partial charge is 0.296 e. The molecule has 0 aliphatic carbocycles. The van der Waals surface area contributed by atoms with Crippen molar-refractivity contribution < 1.29 is 0 Å². The molecule has 0 aliphatic rings. The van der Waals surface area contributed by atoms with Crippen molar-refractivity contribution in [1.29, 1.82) is 0 Å². The Hall–Kier alpha value is -1.87. The number of aromatic nitrogens is 3. The van der Waals surface area contributed by atoms with Gasteiger partial charge in [0.1, 0.15) is 0 Å². The van der Waals surface area contributed by atoms with Gasteiger partial charge in [-0.15, -0.1) is 0 Å². The van der Waals surface area contributed by atoms with Crippen LogP contribution in [0.1, 0.15) is 5.56 Å². The maximum atomic E-state index is 5.99. The molecule has 0 saturated carbocycles. The molecule has 84 valence electrons. The van der Waals surface area contributed by atoms with Crippen molar-refractivity contribution in [3.63, 3.8) is 0 Å². The van der Waals surface area contributed by atoms with Crippen LogP contribution in [0.3, 0.4) is 0 Å². The summed E-state index contributed by atoms with van der Waals surface area (Å²) in [5.41, 5.74) is 4.06. The van der Waals surface area contributed by atoms with Crippen molar-refractivity contribution in [3.05, 3.63) is 53.6 Å². The highest BCUT2D eigenvalue weighted by Gasteiger charge is 2.08. The second-order valence-electron chi connectivity index (χ2n) is 3.92. The summed E-state index contributed by atoms with van der Waals surface area (Å²) in [5.74, 6) is 0. The molecule has 0 unspecified atom stereocenters. The van der Waals surface area contributed by atoms with Crippen LogP contribution < -0.4 is 0 Å². The van der Waals surface area contributed by atoms with Crippen molar-refractivity contribution in [2.75, 3.05) is 0 Å². The minimum absolute atomic E-state index is 0.422. The van der Waals surface area contributed by atoms with Gasteiger partial charge in [0.15, 0.2) is 10.8 Å². The number of rotatable bonds is 1. The third-order valence-corrected chi connectivity index (χ3v) is 3.00. The van der Waals surface area contributed by atoms with Gasteiger partial charge in [0.25, 0.3) is 0 Å². The number of fused-ring (bicyclic) bond motifs is 1. The molecule has 0 aliphatic heterocycles. The highest BCUT2D eigenvalue weighted by Crippen LogP contribution is 2.23. The summed E-state index contributed by atoms with van der Waals surface area (Å²) in [6.07, 6.45) is 5.35. The Bertz CT molecular complexity index is 671. The van der Waals surface area contributed by atoms with E-state index in [4.69, 9.17) is 11.6 Å². The summed E-state index contributed by atoms with van der Waals surface area (Å²) < 4.78 is 1.94. The molecule has 4 heteroatoms. The first-order chi connectivity index (χ1) is 8.25. The molecule has 3 aromatic rings. The highest BCUT2D eigenvalue weighted by atomic mass is 35.5. The molecular weight excluding hydrogens is 234 g/mol.